The Bertz CT molecular complexity index is 1150. The highest BCUT2D eigenvalue weighted by molar-refractivity contribution is 5.86. The number of anilines is 1. The van der Waals surface area contributed by atoms with Crippen molar-refractivity contribution < 1.29 is 9.50 Å². The molecule has 2 N–H and O–H groups in total. The number of nitrogens with zero attached hydrogens (tertiary/aromatic N) is 6. The van der Waals surface area contributed by atoms with Crippen molar-refractivity contribution in [2.24, 2.45) is 0 Å². The fourth-order valence-corrected chi connectivity index (χ4v) is 4.16. The van der Waals surface area contributed by atoms with Crippen LogP contribution in [0.5, 0.6) is 0 Å². The maximum Gasteiger partial charge on any atom is 0.160 e. The van der Waals surface area contributed by atoms with Gasteiger partial charge in [0.1, 0.15) is 23.8 Å². The van der Waals surface area contributed by atoms with Gasteiger partial charge >= 0.3 is 0 Å². The van der Waals surface area contributed by atoms with Crippen LogP contribution in [0.1, 0.15) is 24.6 Å². The van der Waals surface area contributed by atoms with E-state index in [2.05, 4.69) is 25.1 Å². The summed E-state index contributed by atoms with van der Waals surface area (Å²) in [6.45, 7) is 2.23. The zero-order valence-corrected chi connectivity index (χ0v) is 16.4. The molecular formula is C21H22FN7O. The highest BCUT2D eigenvalue weighted by Crippen LogP contribution is 2.33. The summed E-state index contributed by atoms with van der Waals surface area (Å²) >= 11 is 0. The summed E-state index contributed by atoms with van der Waals surface area (Å²) in [6, 6.07) is 6.35. The Balaban J connectivity index is 1.37. The van der Waals surface area contributed by atoms with Gasteiger partial charge in [0.25, 0.3) is 0 Å². The van der Waals surface area contributed by atoms with Gasteiger partial charge in [-0.15, -0.1) is 0 Å². The predicted molar refractivity (Wildman–Crippen MR) is 111 cm³/mol. The average Bonchev–Trinajstić information content (AvgIpc) is 3.42. The third-order valence-electron chi connectivity index (χ3n) is 5.67. The number of aliphatic hydroxyl groups excluding tert-OH is 1. The third-order valence-corrected chi connectivity index (χ3v) is 5.67. The second-order valence-electron chi connectivity index (χ2n) is 7.50. The lowest BCUT2D eigenvalue weighted by Crippen LogP contribution is -2.34. The topological polar surface area (TPSA) is 95.7 Å². The molecular weight excluding hydrogens is 385 g/mol. The van der Waals surface area contributed by atoms with Gasteiger partial charge < -0.3 is 14.6 Å². The summed E-state index contributed by atoms with van der Waals surface area (Å²) in [4.78, 5) is 15.8. The number of H-pyrrole nitrogens is 1. The van der Waals surface area contributed by atoms with E-state index in [1.165, 1.54) is 12.1 Å². The molecule has 0 spiro atoms. The maximum absolute atomic E-state index is 13.3. The summed E-state index contributed by atoms with van der Waals surface area (Å²) in [5.74, 6) is 1.89. The molecule has 0 bridgehead atoms. The molecule has 1 fully saturated rings. The van der Waals surface area contributed by atoms with Crippen LogP contribution >= 0.6 is 0 Å². The van der Waals surface area contributed by atoms with Crippen molar-refractivity contribution in [3.63, 3.8) is 0 Å². The molecule has 3 aromatic heterocycles. The molecule has 0 unspecified atom stereocenters. The Morgan fingerprint density at radius 2 is 1.93 bits per heavy atom. The van der Waals surface area contributed by atoms with E-state index in [9.17, 15) is 9.50 Å². The Labute approximate surface area is 172 Å². The van der Waals surface area contributed by atoms with Crippen LogP contribution in [0.3, 0.4) is 0 Å². The number of piperidine rings is 1. The smallest absolute Gasteiger partial charge is 0.160 e. The van der Waals surface area contributed by atoms with Crippen molar-refractivity contribution >= 4 is 16.9 Å². The van der Waals surface area contributed by atoms with Crippen LogP contribution in [0.15, 0.2) is 43.0 Å². The van der Waals surface area contributed by atoms with Gasteiger partial charge in [-0.1, -0.05) is 0 Å². The first kappa shape index (κ1) is 18.7. The molecule has 0 saturated carbocycles. The number of aromatic amines is 1. The van der Waals surface area contributed by atoms with Crippen LogP contribution in [0, 0.1) is 5.82 Å². The Kier molecular flexibility index (Phi) is 4.88. The molecule has 1 saturated heterocycles. The molecule has 1 aliphatic heterocycles. The minimum Gasteiger partial charge on any atom is -0.395 e. The fourth-order valence-electron chi connectivity index (χ4n) is 4.16. The van der Waals surface area contributed by atoms with Crippen LogP contribution in [-0.4, -0.2) is 54.5 Å². The first-order valence-corrected chi connectivity index (χ1v) is 10.1. The van der Waals surface area contributed by atoms with E-state index < -0.39 is 0 Å². The van der Waals surface area contributed by atoms with Crippen LogP contribution in [0.4, 0.5) is 10.2 Å². The summed E-state index contributed by atoms with van der Waals surface area (Å²) in [7, 11) is 0. The molecule has 8 nitrogen and oxygen atoms in total. The molecule has 0 amide bonds. The second-order valence-corrected chi connectivity index (χ2v) is 7.50. The lowest BCUT2D eigenvalue weighted by Gasteiger charge is -2.32. The van der Waals surface area contributed by atoms with E-state index in [-0.39, 0.29) is 18.3 Å². The number of aromatic nitrogens is 6. The number of benzene rings is 1. The van der Waals surface area contributed by atoms with E-state index in [0.29, 0.717) is 6.54 Å². The SMILES string of the molecule is OCCn1cc(-c2ccc(F)cc2)nc1C1CCN(c2ncnc3[nH]ncc23)CC1. The van der Waals surface area contributed by atoms with Crippen LogP contribution in [-0.2, 0) is 6.54 Å². The summed E-state index contributed by atoms with van der Waals surface area (Å²) in [6.07, 6.45) is 7.12. The monoisotopic (exact) mass is 407 g/mol. The molecule has 4 aromatic rings. The number of hydrogen-bond donors (Lipinski definition) is 2. The highest BCUT2D eigenvalue weighted by Gasteiger charge is 2.26. The number of rotatable bonds is 5. The highest BCUT2D eigenvalue weighted by atomic mass is 19.1. The van der Waals surface area contributed by atoms with E-state index in [1.54, 1.807) is 24.7 Å². The minimum atomic E-state index is -0.266. The van der Waals surface area contributed by atoms with Crippen LogP contribution < -0.4 is 4.90 Å². The molecule has 0 radical (unpaired) electrons. The largest absolute Gasteiger partial charge is 0.395 e. The zero-order valence-electron chi connectivity index (χ0n) is 16.4. The van der Waals surface area contributed by atoms with Gasteiger partial charge in [0, 0.05) is 37.3 Å². The summed E-state index contributed by atoms with van der Waals surface area (Å²) in [5.41, 5.74) is 2.41. The van der Waals surface area contributed by atoms with Gasteiger partial charge in [0.15, 0.2) is 5.65 Å². The number of hydrogen-bond acceptors (Lipinski definition) is 6. The number of aliphatic hydroxyl groups is 1. The Morgan fingerprint density at radius 3 is 2.70 bits per heavy atom. The number of halogens is 1. The lowest BCUT2D eigenvalue weighted by molar-refractivity contribution is 0.272. The van der Waals surface area contributed by atoms with Gasteiger partial charge in [-0.2, -0.15) is 5.10 Å². The van der Waals surface area contributed by atoms with Crippen molar-refractivity contribution in [1.29, 1.82) is 0 Å². The number of imidazole rings is 1. The van der Waals surface area contributed by atoms with Gasteiger partial charge in [-0.3, -0.25) is 5.10 Å². The first-order valence-electron chi connectivity index (χ1n) is 10.1. The molecule has 4 heterocycles. The molecule has 5 rings (SSSR count). The van der Waals surface area contributed by atoms with Crippen molar-refractivity contribution in [3.8, 4) is 11.3 Å². The molecule has 1 aliphatic rings. The third kappa shape index (κ3) is 3.41. The second kappa shape index (κ2) is 7.83. The molecule has 0 atom stereocenters. The van der Waals surface area contributed by atoms with Crippen molar-refractivity contribution in [1.82, 2.24) is 29.7 Å². The van der Waals surface area contributed by atoms with Gasteiger partial charge in [0.2, 0.25) is 0 Å². The van der Waals surface area contributed by atoms with E-state index in [4.69, 9.17) is 4.98 Å². The average molecular weight is 407 g/mol. The zero-order chi connectivity index (χ0) is 20.5. The van der Waals surface area contributed by atoms with E-state index >= 15 is 0 Å². The molecule has 154 valence electrons. The summed E-state index contributed by atoms with van der Waals surface area (Å²) < 4.78 is 15.3. The Morgan fingerprint density at radius 1 is 1.13 bits per heavy atom. The first-order chi connectivity index (χ1) is 14.7. The molecule has 30 heavy (non-hydrogen) atoms. The standard InChI is InChI=1S/C21H22FN7O/c22-16-3-1-14(2-4-16)18-12-29(9-10-30)20(26-18)15-5-7-28(8-6-15)21-17-11-25-27-19(17)23-13-24-21/h1-4,11-13,15,30H,5-10H2,(H,23,24,25,27). The van der Waals surface area contributed by atoms with Gasteiger partial charge in [-0.25, -0.2) is 19.3 Å². The van der Waals surface area contributed by atoms with Crippen molar-refractivity contribution in [2.45, 2.75) is 25.3 Å². The summed E-state index contributed by atoms with van der Waals surface area (Å²) in [5, 5.41) is 17.4. The van der Waals surface area contributed by atoms with E-state index in [0.717, 1.165) is 59.9 Å². The maximum atomic E-state index is 13.3. The van der Waals surface area contributed by atoms with Crippen molar-refractivity contribution in [3.05, 3.63) is 54.6 Å². The van der Waals surface area contributed by atoms with E-state index in [1.807, 2.05) is 10.8 Å². The van der Waals surface area contributed by atoms with Gasteiger partial charge in [0.05, 0.1) is 23.9 Å². The van der Waals surface area contributed by atoms with Crippen LogP contribution in [0.2, 0.25) is 0 Å². The molecule has 0 aliphatic carbocycles. The number of fused-ring (bicyclic) bond motifs is 1. The number of nitrogens with one attached hydrogen (secondary N) is 1. The minimum absolute atomic E-state index is 0.0461. The predicted octanol–water partition coefficient (Wildman–Crippen LogP) is 2.73. The van der Waals surface area contributed by atoms with Gasteiger partial charge in [-0.05, 0) is 37.1 Å². The normalized spacial score (nSPS) is 15.2. The fraction of sp³-hybridized carbons (Fsp3) is 0.333. The lowest BCUT2D eigenvalue weighted by atomic mass is 9.95. The molecule has 9 heteroatoms. The molecule has 1 aromatic carbocycles. The quantitative estimate of drug-likeness (QED) is 0.528. The Hall–Kier alpha value is -3.33. The van der Waals surface area contributed by atoms with Crippen LogP contribution in [0.25, 0.3) is 22.3 Å². The van der Waals surface area contributed by atoms with Crippen molar-refractivity contribution in [2.75, 3.05) is 24.6 Å².